The van der Waals surface area contributed by atoms with Crippen LogP contribution in [0.25, 0.3) is 0 Å². The van der Waals surface area contributed by atoms with Crippen LogP contribution in [0.5, 0.6) is 5.75 Å². The molecule has 0 spiro atoms. The van der Waals surface area contributed by atoms with Crippen LogP contribution < -0.4 is 10.5 Å². The van der Waals surface area contributed by atoms with Crippen molar-refractivity contribution in [3.05, 3.63) is 95.8 Å². The van der Waals surface area contributed by atoms with Crippen molar-refractivity contribution in [2.75, 3.05) is 13.2 Å². The molecule has 27 heavy (non-hydrogen) atoms. The van der Waals surface area contributed by atoms with E-state index in [1.54, 1.807) is 12.1 Å². The van der Waals surface area contributed by atoms with Gasteiger partial charge in [-0.2, -0.15) is 0 Å². The van der Waals surface area contributed by atoms with Crippen LogP contribution in [0.4, 0.5) is 0 Å². The van der Waals surface area contributed by atoms with E-state index in [2.05, 4.69) is 34.1 Å². The number of hydrogen-bond acceptors (Lipinski definition) is 4. The van der Waals surface area contributed by atoms with Gasteiger partial charge in [0.1, 0.15) is 6.61 Å². The van der Waals surface area contributed by atoms with Gasteiger partial charge in [-0.3, -0.25) is 9.69 Å². The van der Waals surface area contributed by atoms with E-state index in [1.165, 1.54) is 17.3 Å². The molecule has 0 aliphatic rings. The number of pyridine rings is 1. The van der Waals surface area contributed by atoms with Gasteiger partial charge in [-0.25, -0.2) is 4.98 Å². The molecule has 0 radical (unpaired) electrons. The highest BCUT2D eigenvalue weighted by molar-refractivity contribution is 5.93. The molecule has 3 aromatic rings. The van der Waals surface area contributed by atoms with E-state index in [1.807, 2.05) is 36.4 Å². The summed E-state index contributed by atoms with van der Waals surface area (Å²) in [6.45, 7) is 2.77. The van der Waals surface area contributed by atoms with E-state index in [9.17, 15) is 4.79 Å². The number of primary amides is 1. The highest BCUT2D eigenvalue weighted by Crippen LogP contribution is 2.15. The maximum absolute atomic E-state index is 11.5. The van der Waals surface area contributed by atoms with Gasteiger partial charge in [-0.1, -0.05) is 60.7 Å². The molecule has 0 atom stereocenters. The van der Waals surface area contributed by atoms with Crippen molar-refractivity contribution in [2.45, 2.75) is 13.1 Å². The van der Waals surface area contributed by atoms with Gasteiger partial charge >= 0.3 is 0 Å². The van der Waals surface area contributed by atoms with Crippen molar-refractivity contribution < 1.29 is 9.53 Å². The maximum Gasteiger partial charge on any atom is 0.271 e. The minimum Gasteiger partial charge on any atom is -0.490 e. The highest BCUT2D eigenvalue weighted by atomic mass is 16.5. The zero-order valence-electron chi connectivity index (χ0n) is 15.1. The molecule has 0 unspecified atom stereocenters. The number of nitrogens with zero attached hydrogens (tertiary/aromatic N) is 2. The fraction of sp³-hybridized carbons (Fsp3) is 0.182. The maximum atomic E-state index is 11.5. The van der Waals surface area contributed by atoms with Crippen LogP contribution in [0.1, 0.15) is 21.6 Å². The SMILES string of the molecule is NC(=O)c1ncccc1OCCN(Cc1ccccc1)Cc1ccccc1. The molecule has 0 saturated carbocycles. The molecule has 1 amide bonds. The third-order valence-electron chi connectivity index (χ3n) is 4.17. The van der Waals surface area contributed by atoms with Crippen molar-refractivity contribution in [2.24, 2.45) is 5.73 Å². The Morgan fingerprint density at radius 3 is 2.04 bits per heavy atom. The lowest BCUT2D eigenvalue weighted by Gasteiger charge is -2.23. The normalized spacial score (nSPS) is 10.7. The Balaban J connectivity index is 1.65. The predicted molar refractivity (Wildman–Crippen MR) is 105 cm³/mol. The number of carbonyl (C=O) groups excluding carboxylic acids is 1. The molecule has 2 aromatic carbocycles. The molecular weight excluding hydrogens is 338 g/mol. The summed E-state index contributed by atoms with van der Waals surface area (Å²) < 4.78 is 5.80. The first-order valence-corrected chi connectivity index (χ1v) is 8.90. The number of hydrogen-bond donors (Lipinski definition) is 1. The monoisotopic (exact) mass is 361 g/mol. The van der Waals surface area contributed by atoms with Crippen LogP contribution in [-0.4, -0.2) is 28.9 Å². The quantitative estimate of drug-likeness (QED) is 0.635. The summed E-state index contributed by atoms with van der Waals surface area (Å²) in [5, 5.41) is 0. The van der Waals surface area contributed by atoms with Gasteiger partial charge in [0.25, 0.3) is 5.91 Å². The fourth-order valence-electron chi connectivity index (χ4n) is 2.87. The molecule has 2 N–H and O–H groups in total. The molecule has 0 saturated heterocycles. The van der Waals surface area contributed by atoms with Crippen LogP contribution in [0.2, 0.25) is 0 Å². The van der Waals surface area contributed by atoms with Crippen LogP contribution >= 0.6 is 0 Å². The second kappa shape index (κ2) is 9.50. The summed E-state index contributed by atoms with van der Waals surface area (Å²) in [4.78, 5) is 17.8. The molecule has 0 fully saturated rings. The van der Waals surface area contributed by atoms with E-state index >= 15 is 0 Å². The first kappa shape index (κ1) is 18.6. The fourth-order valence-corrected chi connectivity index (χ4v) is 2.87. The minimum atomic E-state index is -0.587. The zero-order chi connectivity index (χ0) is 18.9. The largest absolute Gasteiger partial charge is 0.490 e. The number of rotatable bonds is 9. The number of nitrogens with two attached hydrogens (primary N) is 1. The van der Waals surface area contributed by atoms with Crippen LogP contribution in [0.15, 0.2) is 79.0 Å². The average molecular weight is 361 g/mol. The third kappa shape index (κ3) is 5.66. The molecule has 0 aliphatic heterocycles. The third-order valence-corrected chi connectivity index (χ3v) is 4.17. The summed E-state index contributed by atoms with van der Waals surface area (Å²) in [6.07, 6.45) is 1.53. The lowest BCUT2D eigenvalue weighted by Crippen LogP contribution is -2.28. The van der Waals surface area contributed by atoms with E-state index in [-0.39, 0.29) is 5.69 Å². The number of ether oxygens (including phenoxy) is 1. The van der Waals surface area contributed by atoms with Gasteiger partial charge < -0.3 is 10.5 Å². The molecule has 0 aliphatic carbocycles. The lowest BCUT2D eigenvalue weighted by atomic mass is 10.1. The van der Waals surface area contributed by atoms with E-state index in [0.717, 1.165) is 13.1 Å². The Bertz CT molecular complexity index is 812. The second-order valence-corrected chi connectivity index (χ2v) is 6.24. The average Bonchev–Trinajstić information content (AvgIpc) is 2.70. The molecule has 1 heterocycles. The van der Waals surface area contributed by atoms with E-state index in [4.69, 9.17) is 10.5 Å². The molecule has 1 aromatic heterocycles. The molecule has 5 nitrogen and oxygen atoms in total. The molecule has 138 valence electrons. The Morgan fingerprint density at radius 2 is 1.48 bits per heavy atom. The van der Waals surface area contributed by atoms with Gasteiger partial charge in [0.05, 0.1) is 0 Å². The smallest absolute Gasteiger partial charge is 0.271 e. The van der Waals surface area contributed by atoms with Crippen molar-refractivity contribution >= 4 is 5.91 Å². The molecule has 0 bridgehead atoms. The highest BCUT2D eigenvalue weighted by Gasteiger charge is 2.12. The van der Waals surface area contributed by atoms with E-state index in [0.29, 0.717) is 18.9 Å². The van der Waals surface area contributed by atoms with Gasteiger partial charge in [-0.05, 0) is 23.3 Å². The van der Waals surface area contributed by atoms with Gasteiger partial charge in [0.2, 0.25) is 0 Å². The zero-order valence-corrected chi connectivity index (χ0v) is 15.1. The van der Waals surface area contributed by atoms with Crippen molar-refractivity contribution in [3.63, 3.8) is 0 Å². The summed E-state index contributed by atoms with van der Waals surface area (Å²) in [5.41, 5.74) is 8.01. The number of amides is 1. The second-order valence-electron chi connectivity index (χ2n) is 6.24. The Morgan fingerprint density at radius 1 is 0.889 bits per heavy atom. The van der Waals surface area contributed by atoms with Crippen molar-refractivity contribution in [3.8, 4) is 5.75 Å². The molecular formula is C22H23N3O2. The van der Waals surface area contributed by atoms with Crippen molar-refractivity contribution in [1.29, 1.82) is 0 Å². The summed E-state index contributed by atoms with van der Waals surface area (Å²) in [5.74, 6) is -0.166. The van der Waals surface area contributed by atoms with Crippen LogP contribution in [0, 0.1) is 0 Å². The standard InChI is InChI=1S/C22H23N3O2/c23-22(26)21-20(12-7-13-24-21)27-15-14-25(16-18-8-3-1-4-9-18)17-19-10-5-2-6-11-19/h1-13H,14-17H2,(H2,23,26). The Hall–Kier alpha value is -3.18. The lowest BCUT2D eigenvalue weighted by molar-refractivity contribution is 0.0990. The first-order chi connectivity index (χ1) is 13.2. The van der Waals surface area contributed by atoms with Crippen LogP contribution in [0.3, 0.4) is 0 Å². The predicted octanol–water partition coefficient (Wildman–Crippen LogP) is 3.26. The summed E-state index contributed by atoms with van der Waals surface area (Å²) in [7, 11) is 0. The number of carbonyl (C=O) groups is 1. The minimum absolute atomic E-state index is 0.162. The summed E-state index contributed by atoms with van der Waals surface area (Å²) >= 11 is 0. The topological polar surface area (TPSA) is 68.5 Å². The van der Waals surface area contributed by atoms with Gasteiger partial charge in [-0.15, -0.1) is 0 Å². The van der Waals surface area contributed by atoms with E-state index < -0.39 is 5.91 Å². The Labute approximate surface area is 159 Å². The van der Waals surface area contributed by atoms with Crippen molar-refractivity contribution in [1.82, 2.24) is 9.88 Å². The van der Waals surface area contributed by atoms with Crippen LogP contribution in [-0.2, 0) is 13.1 Å². The molecule has 3 rings (SSSR count). The first-order valence-electron chi connectivity index (χ1n) is 8.90. The summed E-state index contributed by atoms with van der Waals surface area (Å²) in [6, 6.07) is 24.1. The van der Waals surface area contributed by atoms with Gasteiger partial charge in [0, 0.05) is 25.8 Å². The number of benzene rings is 2. The molecule has 5 heteroatoms. The Kier molecular flexibility index (Phi) is 6.55. The van der Waals surface area contributed by atoms with Gasteiger partial charge in [0.15, 0.2) is 11.4 Å². The number of aromatic nitrogens is 1.